The maximum Gasteiger partial charge on any atom is 0.306 e. The molecule has 0 aromatic rings. The number of hydrogen-bond donors (Lipinski definition) is 0. The minimum atomic E-state index is -0.825. The molecule has 0 saturated heterocycles. The zero-order chi connectivity index (χ0) is 56.4. The van der Waals surface area contributed by atoms with Gasteiger partial charge < -0.3 is 14.2 Å². The Hall–Kier alpha value is -4.45. The maximum atomic E-state index is 12.9. The fourth-order valence-corrected chi connectivity index (χ4v) is 8.63. The van der Waals surface area contributed by atoms with E-state index in [0.29, 0.717) is 19.3 Å². The van der Waals surface area contributed by atoms with E-state index in [4.69, 9.17) is 14.2 Å². The number of hydrogen-bond acceptors (Lipinski definition) is 6. The predicted octanol–water partition coefficient (Wildman–Crippen LogP) is 22.2. The smallest absolute Gasteiger partial charge is 0.306 e. The molecule has 0 bridgehead atoms. The van der Waals surface area contributed by atoms with Crippen molar-refractivity contribution in [2.45, 2.75) is 290 Å². The summed E-state index contributed by atoms with van der Waals surface area (Å²) in [5.41, 5.74) is 0. The van der Waals surface area contributed by atoms with Gasteiger partial charge in [0.05, 0.1) is 0 Å². The van der Waals surface area contributed by atoms with Crippen molar-refractivity contribution in [2.75, 3.05) is 13.2 Å². The molecule has 6 nitrogen and oxygen atoms in total. The third kappa shape index (κ3) is 62.4. The highest BCUT2D eigenvalue weighted by Crippen LogP contribution is 2.16. The Bertz CT molecular complexity index is 1670. The van der Waals surface area contributed by atoms with Crippen molar-refractivity contribution in [1.82, 2.24) is 0 Å². The molecule has 0 aromatic carbocycles. The highest BCUT2D eigenvalue weighted by molar-refractivity contribution is 5.71. The van der Waals surface area contributed by atoms with E-state index in [9.17, 15) is 14.4 Å². The first kappa shape index (κ1) is 73.5. The van der Waals surface area contributed by atoms with Crippen LogP contribution in [0, 0.1) is 0 Å². The van der Waals surface area contributed by atoms with Crippen molar-refractivity contribution >= 4 is 17.9 Å². The molecule has 442 valence electrons. The first-order chi connectivity index (χ1) is 38.5. The molecule has 0 aliphatic rings. The van der Waals surface area contributed by atoms with Crippen LogP contribution >= 0.6 is 0 Å². The van der Waals surface area contributed by atoms with E-state index in [2.05, 4.69) is 148 Å². The average Bonchev–Trinajstić information content (AvgIpc) is 3.44. The van der Waals surface area contributed by atoms with E-state index < -0.39 is 12.1 Å². The summed E-state index contributed by atoms with van der Waals surface area (Å²) in [7, 11) is 0. The monoisotopic (exact) mass is 1080 g/mol. The van der Waals surface area contributed by atoms with Gasteiger partial charge in [-0.05, 0) is 122 Å². The maximum absolute atomic E-state index is 12.9. The molecular formula is C72H118O6. The fraction of sp³-hybridized carbons (Fsp3) is 0.653. The number of esters is 3. The Balaban J connectivity index is 4.33. The first-order valence-electron chi connectivity index (χ1n) is 32.2. The Kier molecular flexibility index (Phi) is 61.4. The second-order valence-electron chi connectivity index (χ2n) is 20.9. The highest BCUT2D eigenvalue weighted by atomic mass is 16.6. The minimum absolute atomic E-state index is 0.113. The van der Waals surface area contributed by atoms with Crippen LogP contribution in [0.2, 0.25) is 0 Å². The van der Waals surface area contributed by atoms with E-state index in [-0.39, 0.29) is 31.6 Å². The zero-order valence-electron chi connectivity index (χ0n) is 50.6. The summed E-state index contributed by atoms with van der Waals surface area (Å²) in [5, 5.41) is 0. The van der Waals surface area contributed by atoms with Crippen molar-refractivity contribution in [1.29, 1.82) is 0 Å². The molecule has 1 unspecified atom stereocenters. The number of carbonyl (C=O) groups excluding carboxylic acids is 3. The minimum Gasteiger partial charge on any atom is -0.462 e. The van der Waals surface area contributed by atoms with E-state index >= 15 is 0 Å². The molecule has 1 atom stereocenters. The Morgan fingerprint density at radius 3 is 0.846 bits per heavy atom. The quantitative estimate of drug-likeness (QED) is 0.0261. The molecule has 0 heterocycles. The SMILES string of the molecule is CC/C=C\C/C=C\C/C=C\C/C=C\C/C=C\C/C=C\CCC(=O)OC(COC(=O)CCCCCCC/C=C\CCCCC)COC(=O)CCCCCCCCCCCCCCCCCC/C=C\C/C=C\C/C=C\C/C=C\CC. The molecule has 0 aromatic heterocycles. The summed E-state index contributed by atoms with van der Waals surface area (Å²) in [5.74, 6) is -1.00. The van der Waals surface area contributed by atoms with E-state index in [1.165, 1.54) is 122 Å². The number of carbonyl (C=O) groups is 3. The molecule has 0 aliphatic carbocycles. The van der Waals surface area contributed by atoms with E-state index in [1.54, 1.807) is 0 Å². The third-order valence-corrected chi connectivity index (χ3v) is 13.4. The van der Waals surface area contributed by atoms with Gasteiger partial charge in [-0.25, -0.2) is 0 Å². The van der Waals surface area contributed by atoms with Gasteiger partial charge in [0, 0.05) is 19.3 Å². The molecular weight excluding hydrogens is 961 g/mol. The second kappa shape index (κ2) is 65.1. The summed E-state index contributed by atoms with van der Waals surface area (Å²) in [6, 6.07) is 0. The Morgan fingerprint density at radius 1 is 0.269 bits per heavy atom. The normalized spacial score (nSPS) is 13.0. The molecule has 0 fully saturated rings. The van der Waals surface area contributed by atoms with Crippen LogP contribution in [0.25, 0.3) is 0 Å². The summed E-state index contributed by atoms with van der Waals surface area (Å²) in [6.45, 7) is 6.33. The molecule has 0 spiro atoms. The van der Waals surface area contributed by atoms with Gasteiger partial charge in [0.25, 0.3) is 0 Å². The van der Waals surface area contributed by atoms with Crippen LogP contribution in [0.4, 0.5) is 0 Å². The number of unbranched alkanes of at least 4 members (excludes halogenated alkanes) is 24. The van der Waals surface area contributed by atoms with Gasteiger partial charge in [-0.15, -0.1) is 0 Å². The molecule has 0 saturated carbocycles. The summed E-state index contributed by atoms with van der Waals surface area (Å²) in [6.07, 6.45) is 92.0. The number of rotatable bonds is 57. The molecule has 0 radical (unpaired) electrons. The lowest BCUT2D eigenvalue weighted by atomic mass is 10.0. The number of allylic oxidation sites excluding steroid dienone is 22. The first-order valence-corrected chi connectivity index (χ1v) is 32.2. The highest BCUT2D eigenvalue weighted by Gasteiger charge is 2.19. The van der Waals surface area contributed by atoms with Crippen LogP contribution in [0.3, 0.4) is 0 Å². The van der Waals surface area contributed by atoms with Crippen LogP contribution in [-0.2, 0) is 28.6 Å². The van der Waals surface area contributed by atoms with E-state index in [1.807, 2.05) is 6.08 Å². The van der Waals surface area contributed by atoms with Crippen LogP contribution in [0.1, 0.15) is 284 Å². The second-order valence-corrected chi connectivity index (χ2v) is 20.9. The van der Waals surface area contributed by atoms with Crippen LogP contribution in [-0.4, -0.2) is 37.2 Å². The molecule has 0 amide bonds. The molecule has 0 N–H and O–H groups in total. The standard InChI is InChI=1S/C72H118O6/c1-4-7-10-13-16-19-22-25-27-29-31-32-33-34-35-36-37-38-39-40-42-43-45-47-50-53-56-59-62-65-71(74)77-68-69(67-76-70(73)64-61-58-55-52-49-24-21-18-15-12-9-6-3)78-72(75)66-63-60-57-54-51-48-46-44-41-30-28-26-23-20-17-14-11-8-5-2/h7-8,10-11,16-21,25-28,31-32,41,44,48,51,57,60,69H,4-6,9,12-15,22-24,29-30,33-40,42-43,45-47,49-50,52-56,58-59,61-68H2,1-3H3/b10-7-,11-8-,19-16-,20-17-,21-18-,27-25-,28-26-,32-31-,44-41-,51-48-,60-57-. The lowest BCUT2D eigenvalue weighted by Crippen LogP contribution is -2.30. The van der Waals surface area contributed by atoms with Gasteiger partial charge in [-0.1, -0.05) is 276 Å². The predicted molar refractivity (Wildman–Crippen MR) is 339 cm³/mol. The van der Waals surface area contributed by atoms with Gasteiger partial charge >= 0.3 is 17.9 Å². The topological polar surface area (TPSA) is 78.9 Å². The van der Waals surface area contributed by atoms with Crippen molar-refractivity contribution in [2.24, 2.45) is 0 Å². The van der Waals surface area contributed by atoms with Crippen molar-refractivity contribution < 1.29 is 28.6 Å². The lowest BCUT2D eigenvalue weighted by Gasteiger charge is -2.18. The summed E-state index contributed by atoms with van der Waals surface area (Å²) < 4.78 is 16.8. The van der Waals surface area contributed by atoms with Gasteiger partial charge in [0.15, 0.2) is 6.10 Å². The van der Waals surface area contributed by atoms with E-state index in [0.717, 1.165) is 116 Å². The molecule has 0 rings (SSSR count). The lowest BCUT2D eigenvalue weighted by molar-refractivity contribution is -0.166. The number of ether oxygens (including phenoxy) is 3. The fourth-order valence-electron chi connectivity index (χ4n) is 8.63. The van der Waals surface area contributed by atoms with Gasteiger partial charge in [-0.2, -0.15) is 0 Å². The Morgan fingerprint density at radius 2 is 0.526 bits per heavy atom. The van der Waals surface area contributed by atoms with Crippen molar-refractivity contribution in [3.8, 4) is 0 Å². The summed E-state index contributed by atoms with van der Waals surface area (Å²) in [4.78, 5) is 38.2. The van der Waals surface area contributed by atoms with Crippen LogP contribution in [0.5, 0.6) is 0 Å². The van der Waals surface area contributed by atoms with Gasteiger partial charge in [0.1, 0.15) is 13.2 Å². The van der Waals surface area contributed by atoms with Crippen LogP contribution < -0.4 is 0 Å². The van der Waals surface area contributed by atoms with Gasteiger partial charge in [0.2, 0.25) is 0 Å². The van der Waals surface area contributed by atoms with Crippen molar-refractivity contribution in [3.63, 3.8) is 0 Å². The molecule has 0 aliphatic heterocycles. The zero-order valence-corrected chi connectivity index (χ0v) is 50.6. The molecule has 78 heavy (non-hydrogen) atoms. The molecule has 6 heteroatoms. The third-order valence-electron chi connectivity index (χ3n) is 13.4. The van der Waals surface area contributed by atoms with Crippen molar-refractivity contribution in [3.05, 3.63) is 134 Å². The largest absolute Gasteiger partial charge is 0.462 e. The summed E-state index contributed by atoms with van der Waals surface area (Å²) >= 11 is 0. The average molecular weight is 1080 g/mol. The van der Waals surface area contributed by atoms with Crippen LogP contribution in [0.15, 0.2) is 134 Å². The van der Waals surface area contributed by atoms with Gasteiger partial charge in [-0.3, -0.25) is 14.4 Å². The Labute approximate surface area is 481 Å².